The monoisotopic (exact) mass is 276 g/mol. The van der Waals surface area contributed by atoms with Crippen molar-refractivity contribution in [2.45, 2.75) is 13.3 Å². The number of anilines is 2. The third kappa shape index (κ3) is 4.09. The minimum Gasteiger partial charge on any atom is -0.376 e. The molecule has 96 valence electrons. The fourth-order valence-corrected chi connectivity index (χ4v) is 2.91. The lowest BCUT2D eigenvalue weighted by Crippen LogP contribution is -2.16. The average molecular weight is 277 g/mol. The van der Waals surface area contributed by atoms with Crippen molar-refractivity contribution in [1.82, 2.24) is 0 Å². The summed E-state index contributed by atoms with van der Waals surface area (Å²) in [4.78, 5) is 1.87. The van der Waals surface area contributed by atoms with Gasteiger partial charge >= 0.3 is 0 Å². The summed E-state index contributed by atoms with van der Waals surface area (Å²) in [6.07, 6.45) is 0.582. The number of halogens is 1. The van der Waals surface area contributed by atoms with Gasteiger partial charge in [0.25, 0.3) is 0 Å². The Morgan fingerprint density at radius 3 is 2.47 bits per heavy atom. The van der Waals surface area contributed by atoms with E-state index in [1.54, 1.807) is 18.2 Å². The van der Waals surface area contributed by atoms with E-state index in [0.29, 0.717) is 17.1 Å². The highest BCUT2D eigenvalue weighted by atomic mass is 35.5. The van der Waals surface area contributed by atoms with Crippen LogP contribution in [0.3, 0.4) is 0 Å². The lowest BCUT2D eigenvalue weighted by atomic mass is 10.3. The van der Waals surface area contributed by atoms with Crippen LogP contribution in [-0.4, -0.2) is 28.3 Å². The first-order valence-corrected chi connectivity index (χ1v) is 7.36. The molecular formula is C11H17ClN2O2S. The van der Waals surface area contributed by atoms with Gasteiger partial charge in [-0.15, -0.1) is 0 Å². The fourth-order valence-electron chi connectivity index (χ4n) is 1.43. The zero-order valence-corrected chi connectivity index (χ0v) is 11.8. The molecular weight excluding hydrogens is 260 g/mol. The molecule has 0 bridgehead atoms. The van der Waals surface area contributed by atoms with Crippen LogP contribution < -0.4 is 9.62 Å². The molecule has 0 radical (unpaired) electrons. The quantitative estimate of drug-likeness (QED) is 0.899. The van der Waals surface area contributed by atoms with Gasteiger partial charge in [0.15, 0.2) is 0 Å². The number of sulfonamides is 1. The van der Waals surface area contributed by atoms with Gasteiger partial charge in [-0.05, 0) is 24.6 Å². The lowest BCUT2D eigenvalue weighted by molar-refractivity contribution is 0.600. The average Bonchev–Trinajstić information content (AvgIpc) is 2.15. The minimum atomic E-state index is -3.26. The van der Waals surface area contributed by atoms with Crippen LogP contribution in [0.15, 0.2) is 18.2 Å². The van der Waals surface area contributed by atoms with E-state index in [9.17, 15) is 8.42 Å². The van der Waals surface area contributed by atoms with Crippen LogP contribution in [-0.2, 0) is 10.0 Å². The normalized spacial score (nSPS) is 11.3. The molecule has 1 aromatic rings. The standard InChI is InChI=1S/C11H17ClN2O2S/c1-4-7-17(15,16)13-9-5-6-11(14(2)3)10(12)8-9/h5-6,8,13H,4,7H2,1-3H3. The van der Waals surface area contributed by atoms with Gasteiger partial charge in [0.2, 0.25) is 10.0 Å². The van der Waals surface area contributed by atoms with Gasteiger partial charge in [0, 0.05) is 14.1 Å². The second-order valence-electron chi connectivity index (χ2n) is 3.98. The summed E-state index contributed by atoms with van der Waals surface area (Å²) >= 11 is 6.05. The van der Waals surface area contributed by atoms with E-state index in [-0.39, 0.29) is 5.75 Å². The zero-order chi connectivity index (χ0) is 13.1. The predicted octanol–water partition coefficient (Wildman–Crippen LogP) is 2.56. The highest BCUT2D eigenvalue weighted by molar-refractivity contribution is 7.92. The molecule has 1 aromatic carbocycles. The maximum Gasteiger partial charge on any atom is 0.232 e. The van der Waals surface area contributed by atoms with Crippen molar-refractivity contribution in [1.29, 1.82) is 0 Å². The summed E-state index contributed by atoms with van der Waals surface area (Å²) in [5.41, 5.74) is 1.35. The molecule has 1 N–H and O–H groups in total. The van der Waals surface area contributed by atoms with E-state index in [1.165, 1.54) is 0 Å². The van der Waals surface area contributed by atoms with Gasteiger partial charge in [-0.25, -0.2) is 8.42 Å². The molecule has 0 aliphatic rings. The third-order valence-corrected chi connectivity index (χ3v) is 3.97. The Hall–Kier alpha value is -0.940. The Morgan fingerprint density at radius 2 is 2.00 bits per heavy atom. The van der Waals surface area contributed by atoms with E-state index in [4.69, 9.17) is 11.6 Å². The second-order valence-corrected chi connectivity index (χ2v) is 6.23. The van der Waals surface area contributed by atoms with Crippen molar-refractivity contribution in [3.8, 4) is 0 Å². The van der Waals surface area contributed by atoms with E-state index < -0.39 is 10.0 Å². The van der Waals surface area contributed by atoms with E-state index in [1.807, 2.05) is 25.9 Å². The van der Waals surface area contributed by atoms with Crippen molar-refractivity contribution < 1.29 is 8.42 Å². The van der Waals surface area contributed by atoms with Gasteiger partial charge < -0.3 is 4.90 Å². The van der Waals surface area contributed by atoms with Crippen LogP contribution in [0.4, 0.5) is 11.4 Å². The van der Waals surface area contributed by atoms with Crippen LogP contribution in [0.5, 0.6) is 0 Å². The van der Waals surface area contributed by atoms with E-state index >= 15 is 0 Å². The molecule has 0 atom stereocenters. The maximum absolute atomic E-state index is 11.6. The highest BCUT2D eigenvalue weighted by Crippen LogP contribution is 2.27. The Morgan fingerprint density at radius 1 is 1.35 bits per heavy atom. The molecule has 0 heterocycles. The first kappa shape index (κ1) is 14.1. The number of hydrogen-bond donors (Lipinski definition) is 1. The summed E-state index contributed by atoms with van der Waals surface area (Å²) in [6.45, 7) is 1.82. The van der Waals surface area contributed by atoms with E-state index in [0.717, 1.165) is 5.69 Å². The molecule has 6 heteroatoms. The lowest BCUT2D eigenvalue weighted by Gasteiger charge is -2.15. The van der Waals surface area contributed by atoms with Gasteiger partial charge in [0.05, 0.1) is 22.2 Å². The first-order valence-electron chi connectivity index (χ1n) is 5.33. The molecule has 0 spiro atoms. The molecule has 0 aliphatic heterocycles. The number of rotatable bonds is 5. The van der Waals surface area contributed by atoms with Gasteiger partial charge in [0.1, 0.15) is 0 Å². The molecule has 0 unspecified atom stereocenters. The van der Waals surface area contributed by atoms with Crippen molar-refractivity contribution in [2.24, 2.45) is 0 Å². The molecule has 0 saturated carbocycles. The Kier molecular flexibility index (Phi) is 4.65. The summed E-state index contributed by atoms with van der Waals surface area (Å²) in [6, 6.07) is 5.10. The predicted molar refractivity (Wildman–Crippen MR) is 73.5 cm³/mol. The van der Waals surface area contributed by atoms with Gasteiger partial charge in [-0.2, -0.15) is 0 Å². The van der Waals surface area contributed by atoms with Crippen molar-refractivity contribution in [2.75, 3.05) is 29.5 Å². The summed E-state index contributed by atoms with van der Waals surface area (Å²) in [7, 11) is 0.497. The summed E-state index contributed by atoms with van der Waals surface area (Å²) < 4.78 is 25.6. The molecule has 0 amide bonds. The van der Waals surface area contributed by atoms with Gasteiger partial charge in [-0.3, -0.25) is 4.72 Å². The van der Waals surface area contributed by atoms with Crippen LogP contribution in [0, 0.1) is 0 Å². The summed E-state index contributed by atoms with van der Waals surface area (Å²) in [5.74, 6) is 0.111. The van der Waals surface area contributed by atoms with Crippen LogP contribution in [0.1, 0.15) is 13.3 Å². The number of benzene rings is 1. The smallest absolute Gasteiger partial charge is 0.232 e. The fraction of sp³-hybridized carbons (Fsp3) is 0.455. The van der Waals surface area contributed by atoms with Crippen LogP contribution in [0.2, 0.25) is 5.02 Å². The van der Waals surface area contributed by atoms with Crippen molar-refractivity contribution >= 4 is 33.0 Å². The first-order chi connectivity index (χ1) is 7.85. The molecule has 0 fully saturated rings. The molecule has 1 rings (SSSR count). The second kappa shape index (κ2) is 5.60. The number of nitrogens with one attached hydrogen (secondary N) is 1. The Labute approximate surface area is 108 Å². The Bertz CT molecular complexity index is 486. The van der Waals surface area contributed by atoms with E-state index in [2.05, 4.69) is 4.72 Å². The molecule has 0 saturated heterocycles. The van der Waals surface area contributed by atoms with Crippen molar-refractivity contribution in [3.05, 3.63) is 23.2 Å². The molecule has 0 aliphatic carbocycles. The Balaban J connectivity index is 2.92. The number of nitrogens with zero attached hydrogens (tertiary/aromatic N) is 1. The SMILES string of the molecule is CCCS(=O)(=O)Nc1ccc(N(C)C)c(Cl)c1. The van der Waals surface area contributed by atoms with Crippen LogP contribution >= 0.6 is 11.6 Å². The molecule has 17 heavy (non-hydrogen) atoms. The molecule has 4 nitrogen and oxygen atoms in total. The summed E-state index contributed by atoms with van der Waals surface area (Å²) in [5, 5.41) is 0.520. The largest absolute Gasteiger partial charge is 0.376 e. The topological polar surface area (TPSA) is 49.4 Å². The van der Waals surface area contributed by atoms with Gasteiger partial charge in [-0.1, -0.05) is 18.5 Å². The van der Waals surface area contributed by atoms with Crippen LogP contribution in [0.25, 0.3) is 0 Å². The zero-order valence-electron chi connectivity index (χ0n) is 10.2. The minimum absolute atomic E-state index is 0.111. The maximum atomic E-state index is 11.6. The third-order valence-electron chi connectivity index (χ3n) is 2.18. The van der Waals surface area contributed by atoms with Crippen molar-refractivity contribution in [3.63, 3.8) is 0 Å². The highest BCUT2D eigenvalue weighted by Gasteiger charge is 2.10. The number of hydrogen-bond acceptors (Lipinski definition) is 3. The molecule has 0 aromatic heterocycles.